The molecule has 0 aliphatic carbocycles. The van der Waals surface area contributed by atoms with E-state index in [0.29, 0.717) is 22.8 Å². The number of para-hydroxylation sites is 1. The maximum Gasteiger partial charge on any atom is 0.352 e. The van der Waals surface area contributed by atoms with E-state index >= 15 is 0 Å². The number of methoxy groups -OCH3 is 1. The molecule has 0 spiro atoms. The van der Waals surface area contributed by atoms with E-state index in [-0.39, 0.29) is 12.1 Å². The Hall–Kier alpha value is -3.58. The van der Waals surface area contributed by atoms with Gasteiger partial charge in [-0.15, -0.1) is 0 Å². The lowest BCUT2D eigenvalue weighted by Crippen LogP contribution is -2.28. The SMILES string of the molecule is COc1ccc(CC(=O)N/C(=C\c2ccc(Oc3ccccc3Br)cc2)C(=O)O)cc1. The molecule has 7 heteroatoms. The van der Waals surface area contributed by atoms with E-state index in [4.69, 9.17) is 9.47 Å². The number of carbonyl (C=O) groups is 2. The molecule has 0 radical (unpaired) electrons. The van der Waals surface area contributed by atoms with Gasteiger partial charge in [0, 0.05) is 0 Å². The van der Waals surface area contributed by atoms with Crippen LogP contribution in [-0.2, 0) is 16.0 Å². The minimum absolute atomic E-state index is 0.0490. The Morgan fingerprint density at radius 3 is 2.23 bits per heavy atom. The van der Waals surface area contributed by atoms with Crippen LogP contribution < -0.4 is 14.8 Å². The van der Waals surface area contributed by atoms with Crippen molar-refractivity contribution in [2.45, 2.75) is 6.42 Å². The van der Waals surface area contributed by atoms with Crippen molar-refractivity contribution in [3.63, 3.8) is 0 Å². The van der Waals surface area contributed by atoms with Crippen LogP contribution in [0.2, 0.25) is 0 Å². The van der Waals surface area contributed by atoms with Gasteiger partial charge >= 0.3 is 5.97 Å². The van der Waals surface area contributed by atoms with E-state index in [0.717, 1.165) is 10.0 Å². The molecule has 0 atom stereocenters. The number of amides is 1. The molecule has 3 rings (SSSR count). The number of halogens is 1. The molecule has 1 amide bonds. The van der Waals surface area contributed by atoms with Gasteiger partial charge in [-0.2, -0.15) is 0 Å². The third-order valence-electron chi connectivity index (χ3n) is 4.28. The molecule has 0 bridgehead atoms. The number of carboxylic acid groups (broad SMARTS) is 1. The van der Waals surface area contributed by atoms with Crippen molar-refractivity contribution in [2.24, 2.45) is 0 Å². The van der Waals surface area contributed by atoms with Crippen LogP contribution in [0.3, 0.4) is 0 Å². The third-order valence-corrected chi connectivity index (χ3v) is 4.94. The molecule has 0 unspecified atom stereocenters. The second kappa shape index (κ2) is 10.4. The average Bonchev–Trinajstić information content (AvgIpc) is 2.76. The lowest BCUT2D eigenvalue weighted by molar-refractivity contribution is -0.134. The third kappa shape index (κ3) is 6.45. The van der Waals surface area contributed by atoms with Crippen LogP contribution in [0.1, 0.15) is 11.1 Å². The summed E-state index contributed by atoms with van der Waals surface area (Å²) < 4.78 is 11.7. The maximum absolute atomic E-state index is 12.3. The smallest absolute Gasteiger partial charge is 0.352 e. The maximum atomic E-state index is 12.3. The van der Waals surface area contributed by atoms with E-state index in [1.807, 2.05) is 24.3 Å². The van der Waals surface area contributed by atoms with E-state index in [1.54, 1.807) is 55.6 Å². The predicted octanol–water partition coefficient (Wildman–Crippen LogP) is 5.03. The van der Waals surface area contributed by atoms with Crippen molar-refractivity contribution < 1.29 is 24.2 Å². The zero-order valence-corrected chi connectivity index (χ0v) is 18.3. The average molecular weight is 482 g/mol. The summed E-state index contributed by atoms with van der Waals surface area (Å²) in [6.07, 6.45) is 1.45. The van der Waals surface area contributed by atoms with Gasteiger partial charge in [0.25, 0.3) is 0 Å². The van der Waals surface area contributed by atoms with Gasteiger partial charge < -0.3 is 19.9 Å². The molecule has 0 aliphatic heterocycles. The van der Waals surface area contributed by atoms with Gasteiger partial charge in [-0.1, -0.05) is 36.4 Å². The molecule has 3 aromatic carbocycles. The van der Waals surface area contributed by atoms with Gasteiger partial charge in [0.2, 0.25) is 5.91 Å². The summed E-state index contributed by atoms with van der Waals surface area (Å²) in [4.78, 5) is 23.9. The Morgan fingerprint density at radius 1 is 0.968 bits per heavy atom. The number of carbonyl (C=O) groups excluding carboxylic acids is 1. The van der Waals surface area contributed by atoms with Crippen LogP contribution in [0.4, 0.5) is 0 Å². The predicted molar refractivity (Wildman–Crippen MR) is 121 cm³/mol. The second-order valence-corrected chi connectivity index (χ2v) is 7.39. The highest BCUT2D eigenvalue weighted by Gasteiger charge is 2.12. The molecular weight excluding hydrogens is 462 g/mol. The fourth-order valence-electron chi connectivity index (χ4n) is 2.73. The molecule has 0 aliphatic rings. The molecular formula is C24H20BrNO5. The van der Waals surface area contributed by atoms with Gasteiger partial charge in [-0.3, -0.25) is 4.79 Å². The Bertz CT molecular complexity index is 1090. The molecule has 0 heterocycles. The summed E-state index contributed by atoms with van der Waals surface area (Å²) in [6, 6.07) is 21.3. The summed E-state index contributed by atoms with van der Waals surface area (Å²) >= 11 is 3.42. The van der Waals surface area contributed by atoms with Crippen LogP contribution in [0.25, 0.3) is 6.08 Å². The number of hydrogen-bond acceptors (Lipinski definition) is 4. The Balaban J connectivity index is 1.67. The number of hydrogen-bond donors (Lipinski definition) is 2. The molecule has 0 saturated carbocycles. The monoisotopic (exact) mass is 481 g/mol. The van der Waals surface area contributed by atoms with Crippen LogP contribution in [-0.4, -0.2) is 24.1 Å². The van der Waals surface area contributed by atoms with Crippen molar-refractivity contribution in [3.8, 4) is 17.2 Å². The number of rotatable bonds is 8. The van der Waals surface area contributed by atoms with Crippen molar-refractivity contribution in [1.82, 2.24) is 5.32 Å². The minimum Gasteiger partial charge on any atom is -0.497 e. The van der Waals surface area contributed by atoms with Crippen LogP contribution in [0.15, 0.2) is 83.0 Å². The first-order valence-electron chi connectivity index (χ1n) is 9.35. The zero-order valence-electron chi connectivity index (χ0n) is 16.7. The standard InChI is InChI=1S/C24H20BrNO5/c1-30-18-10-6-17(7-11-18)15-23(27)26-21(24(28)29)14-16-8-12-19(13-9-16)31-22-5-3-2-4-20(22)25/h2-14H,15H2,1H3,(H,26,27)(H,28,29)/b21-14-. The highest BCUT2D eigenvalue weighted by molar-refractivity contribution is 9.10. The topological polar surface area (TPSA) is 84.9 Å². The van der Waals surface area contributed by atoms with Crippen molar-refractivity contribution in [1.29, 1.82) is 0 Å². The minimum atomic E-state index is -1.23. The van der Waals surface area contributed by atoms with Gasteiger partial charge in [0.15, 0.2) is 0 Å². The van der Waals surface area contributed by atoms with Gasteiger partial charge in [0.1, 0.15) is 22.9 Å². The number of nitrogens with one attached hydrogen (secondary N) is 1. The molecule has 31 heavy (non-hydrogen) atoms. The Labute approximate surface area is 188 Å². The van der Waals surface area contributed by atoms with Crippen molar-refractivity contribution in [2.75, 3.05) is 7.11 Å². The lowest BCUT2D eigenvalue weighted by atomic mass is 10.1. The Morgan fingerprint density at radius 2 is 1.61 bits per heavy atom. The Kier molecular flexibility index (Phi) is 7.45. The molecule has 3 aromatic rings. The normalized spacial score (nSPS) is 11.0. The quantitative estimate of drug-likeness (QED) is 0.440. The fraction of sp³-hybridized carbons (Fsp3) is 0.0833. The molecule has 2 N–H and O–H groups in total. The van der Waals surface area contributed by atoms with E-state index in [2.05, 4.69) is 21.2 Å². The second-order valence-electron chi connectivity index (χ2n) is 6.54. The summed E-state index contributed by atoms with van der Waals surface area (Å²) in [5.74, 6) is 0.305. The summed E-state index contributed by atoms with van der Waals surface area (Å²) in [7, 11) is 1.56. The van der Waals surface area contributed by atoms with Crippen LogP contribution >= 0.6 is 15.9 Å². The van der Waals surface area contributed by atoms with Crippen molar-refractivity contribution >= 4 is 33.9 Å². The van der Waals surface area contributed by atoms with E-state index < -0.39 is 11.9 Å². The van der Waals surface area contributed by atoms with E-state index in [9.17, 15) is 14.7 Å². The first kappa shape index (κ1) is 22.1. The van der Waals surface area contributed by atoms with Gasteiger partial charge in [0.05, 0.1) is 18.0 Å². The molecule has 6 nitrogen and oxygen atoms in total. The van der Waals surface area contributed by atoms with Crippen LogP contribution in [0, 0.1) is 0 Å². The zero-order chi connectivity index (χ0) is 22.2. The van der Waals surface area contributed by atoms with Gasteiger partial charge in [-0.25, -0.2) is 4.79 Å². The number of benzene rings is 3. The summed E-state index contributed by atoms with van der Waals surface area (Å²) in [6.45, 7) is 0. The molecule has 0 fully saturated rings. The molecule has 158 valence electrons. The largest absolute Gasteiger partial charge is 0.497 e. The number of aliphatic carboxylic acids is 1. The first-order chi connectivity index (χ1) is 14.9. The van der Waals surface area contributed by atoms with Crippen molar-refractivity contribution in [3.05, 3.63) is 94.1 Å². The lowest BCUT2D eigenvalue weighted by Gasteiger charge is -2.09. The molecule has 0 saturated heterocycles. The highest BCUT2D eigenvalue weighted by Crippen LogP contribution is 2.29. The van der Waals surface area contributed by atoms with Gasteiger partial charge in [-0.05, 0) is 69.5 Å². The number of ether oxygens (including phenoxy) is 2. The summed E-state index contributed by atoms with van der Waals surface area (Å²) in [5.41, 5.74) is 1.15. The first-order valence-corrected chi connectivity index (χ1v) is 10.1. The fourth-order valence-corrected chi connectivity index (χ4v) is 3.09. The van der Waals surface area contributed by atoms with E-state index in [1.165, 1.54) is 6.08 Å². The highest BCUT2D eigenvalue weighted by atomic mass is 79.9. The summed E-state index contributed by atoms with van der Waals surface area (Å²) in [5, 5.41) is 11.9. The number of carboxylic acids is 1. The molecule has 0 aromatic heterocycles. The van der Waals surface area contributed by atoms with Crippen LogP contribution in [0.5, 0.6) is 17.2 Å².